The summed E-state index contributed by atoms with van der Waals surface area (Å²) in [6.45, 7) is 0. The number of hydrogen-bond donors (Lipinski definition) is 0. The lowest BCUT2D eigenvalue weighted by molar-refractivity contribution is 0.463. The molecular weight excluding hydrogens is 513 g/mol. The topological polar surface area (TPSA) is 57.0 Å². The Morgan fingerprint density at radius 1 is 0.600 bits per heavy atom. The lowest BCUT2D eigenvalue weighted by atomic mass is 10.1. The number of aromatic nitrogens is 3. The number of rotatable bonds is 4. The Labute approximate surface area is 230 Å². The molecule has 8 rings (SSSR count). The van der Waals surface area contributed by atoms with Crippen LogP contribution in [0.5, 0.6) is 11.6 Å². The highest BCUT2D eigenvalue weighted by molar-refractivity contribution is 7.86. The Morgan fingerprint density at radius 3 is 2.20 bits per heavy atom. The van der Waals surface area contributed by atoms with Crippen LogP contribution in [0.25, 0.3) is 38.6 Å². The van der Waals surface area contributed by atoms with Gasteiger partial charge < -0.3 is 13.9 Å². The molecule has 6 heteroatoms. The zero-order valence-electron chi connectivity index (χ0n) is 21.3. The molecule has 0 N–H and O–H groups in total. The molecule has 40 heavy (non-hydrogen) atoms. The summed E-state index contributed by atoms with van der Waals surface area (Å²) in [7, 11) is -3.16. The normalized spacial score (nSPS) is 15.7. The maximum atomic E-state index is 15.1. The van der Waals surface area contributed by atoms with E-state index in [-0.39, 0.29) is 0 Å². The number of pyridine rings is 2. The highest BCUT2D eigenvalue weighted by Gasteiger charge is 2.41. The minimum Gasteiger partial charge on any atom is -0.439 e. The molecule has 1 aliphatic rings. The van der Waals surface area contributed by atoms with Crippen LogP contribution in [0.1, 0.15) is 0 Å². The third kappa shape index (κ3) is 3.32. The minimum absolute atomic E-state index is 0.538. The summed E-state index contributed by atoms with van der Waals surface area (Å²) < 4.78 is 23.4. The fourth-order valence-electron chi connectivity index (χ4n) is 5.86. The molecule has 5 nitrogen and oxygen atoms in total. The molecule has 4 heterocycles. The SMILES string of the molecule is O=P1(c2ccccn2)c2ccccc2-c2ccc(-n3c4ccccc4c4ccc(Oc5ccccn5)cc43)cc21. The van der Waals surface area contributed by atoms with Gasteiger partial charge in [0.1, 0.15) is 11.2 Å². The minimum atomic E-state index is -3.16. The van der Waals surface area contributed by atoms with Crippen LogP contribution in [0, 0.1) is 0 Å². The lowest BCUT2D eigenvalue weighted by Crippen LogP contribution is -2.23. The van der Waals surface area contributed by atoms with E-state index in [1.807, 2.05) is 72.8 Å². The Kier molecular flexibility index (Phi) is 5.03. The summed E-state index contributed by atoms with van der Waals surface area (Å²) in [6.07, 6.45) is 3.43. The van der Waals surface area contributed by atoms with Crippen molar-refractivity contribution in [2.75, 3.05) is 0 Å². The van der Waals surface area contributed by atoms with Crippen LogP contribution in [0.15, 0.2) is 134 Å². The molecule has 1 atom stereocenters. The molecule has 0 saturated carbocycles. The molecule has 0 aliphatic carbocycles. The van der Waals surface area contributed by atoms with Gasteiger partial charge in [-0.05, 0) is 59.7 Å². The molecule has 0 fully saturated rings. The van der Waals surface area contributed by atoms with Crippen LogP contribution in [0.3, 0.4) is 0 Å². The maximum absolute atomic E-state index is 15.1. The first-order valence-corrected chi connectivity index (χ1v) is 14.8. The third-order valence-electron chi connectivity index (χ3n) is 7.59. The van der Waals surface area contributed by atoms with Gasteiger partial charge in [-0.25, -0.2) is 4.98 Å². The molecule has 190 valence electrons. The lowest BCUT2D eigenvalue weighted by Gasteiger charge is -2.16. The van der Waals surface area contributed by atoms with Gasteiger partial charge in [0, 0.05) is 51.6 Å². The van der Waals surface area contributed by atoms with Crippen LogP contribution >= 0.6 is 7.14 Å². The molecule has 4 aromatic carbocycles. The van der Waals surface area contributed by atoms with Gasteiger partial charge in [-0.2, -0.15) is 0 Å². The van der Waals surface area contributed by atoms with Gasteiger partial charge in [0.15, 0.2) is 7.14 Å². The Hall–Kier alpha value is -4.99. The van der Waals surface area contributed by atoms with E-state index >= 15 is 4.57 Å². The first kappa shape index (κ1) is 22.9. The number of hydrogen-bond acceptors (Lipinski definition) is 4. The van der Waals surface area contributed by atoms with Crippen molar-refractivity contribution in [2.24, 2.45) is 0 Å². The van der Waals surface area contributed by atoms with E-state index in [0.29, 0.717) is 17.1 Å². The van der Waals surface area contributed by atoms with Crippen molar-refractivity contribution in [1.29, 1.82) is 0 Å². The van der Waals surface area contributed by atoms with E-state index in [2.05, 4.69) is 63.1 Å². The van der Waals surface area contributed by atoms with Crippen LogP contribution in [0.4, 0.5) is 0 Å². The van der Waals surface area contributed by atoms with Crippen LogP contribution < -0.4 is 20.8 Å². The molecule has 7 aromatic rings. The number of ether oxygens (including phenoxy) is 1. The Balaban J connectivity index is 1.37. The van der Waals surface area contributed by atoms with Crippen molar-refractivity contribution in [2.45, 2.75) is 0 Å². The number of benzene rings is 4. The predicted molar refractivity (Wildman–Crippen MR) is 161 cm³/mol. The zero-order chi connectivity index (χ0) is 26.7. The first-order valence-electron chi connectivity index (χ1n) is 13.1. The van der Waals surface area contributed by atoms with Gasteiger partial charge in [0.25, 0.3) is 0 Å². The van der Waals surface area contributed by atoms with Crippen LogP contribution in [0.2, 0.25) is 0 Å². The highest BCUT2D eigenvalue weighted by Crippen LogP contribution is 2.52. The second-order valence-corrected chi connectivity index (χ2v) is 12.5. The molecule has 3 aromatic heterocycles. The smallest absolute Gasteiger partial charge is 0.219 e. The van der Waals surface area contributed by atoms with Gasteiger partial charge in [0.2, 0.25) is 5.88 Å². The monoisotopic (exact) mass is 535 g/mol. The quantitative estimate of drug-likeness (QED) is 0.228. The summed E-state index contributed by atoms with van der Waals surface area (Å²) >= 11 is 0. The van der Waals surface area contributed by atoms with E-state index in [1.165, 1.54) is 0 Å². The van der Waals surface area contributed by atoms with Crippen LogP contribution in [-0.2, 0) is 4.57 Å². The Morgan fingerprint density at radius 2 is 1.35 bits per heavy atom. The van der Waals surface area contributed by atoms with Crippen LogP contribution in [-0.4, -0.2) is 14.5 Å². The zero-order valence-corrected chi connectivity index (χ0v) is 22.2. The maximum Gasteiger partial charge on any atom is 0.219 e. The van der Waals surface area contributed by atoms with Gasteiger partial charge >= 0.3 is 0 Å². The van der Waals surface area contributed by atoms with Crippen molar-refractivity contribution in [3.05, 3.63) is 134 Å². The van der Waals surface area contributed by atoms with Gasteiger partial charge in [-0.15, -0.1) is 0 Å². The molecule has 1 unspecified atom stereocenters. The Bertz CT molecular complexity index is 2120. The van der Waals surface area contributed by atoms with Crippen molar-refractivity contribution >= 4 is 45.0 Å². The van der Waals surface area contributed by atoms with E-state index in [4.69, 9.17) is 4.74 Å². The van der Waals surface area contributed by atoms with E-state index in [9.17, 15) is 0 Å². The molecule has 0 saturated heterocycles. The second kappa shape index (κ2) is 8.77. The van der Waals surface area contributed by atoms with E-state index < -0.39 is 7.14 Å². The fraction of sp³-hybridized carbons (Fsp3) is 0. The van der Waals surface area contributed by atoms with E-state index in [0.717, 1.165) is 49.2 Å². The summed E-state index contributed by atoms with van der Waals surface area (Å²) in [6, 6.07) is 40.0. The average Bonchev–Trinajstić information content (AvgIpc) is 3.48. The third-order valence-corrected chi connectivity index (χ3v) is 10.6. The van der Waals surface area contributed by atoms with Gasteiger partial charge in [-0.3, -0.25) is 4.98 Å². The van der Waals surface area contributed by atoms with Crippen molar-refractivity contribution in [3.63, 3.8) is 0 Å². The van der Waals surface area contributed by atoms with Crippen molar-refractivity contribution in [1.82, 2.24) is 14.5 Å². The van der Waals surface area contributed by atoms with E-state index in [1.54, 1.807) is 12.4 Å². The average molecular weight is 536 g/mol. The molecule has 0 amide bonds. The molecule has 0 bridgehead atoms. The standard InChI is InChI=1S/C34H22N3O2P/c38-40(34-14-6-8-20-36-34)31-12-4-2-10-27(31)28-17-15-23(21-32(28)40)37-29-11-3-1-9-25(29)26-18-16-24(22-30(26)37)39-33-13-5-7-19-35-33/h1-22H. The largest absolute Gasteiger partial charge is 0.439 e. The summed E-state index contributed by atoms with van der Waals surface area (Å²) in [4.78, 5) is 8.90. The molecule has 0 radical (unpaired) electrons. The fourth-order valence-corrected chi connectivity index (χ4v) is 8.82. The number of fused-ring (bicyclic) bond motifs is 6. The first-order chi connectivity index (χ1) is 19.7. The van der Waals surface area contributed by atoms with Crippen molar-refractivity contribution < 1.29 is 9.30 Å². The molecule has 1 aliphatic heterocycles. The molecular formula is C34H22N3O2P. The van der Waals surface area contributed by atoms with Gasteiger partial charge in [0.05, 0.1) is 11.0 Å². The molecule has 0 spiro atoms. The number of para-hydroxylation sites is 1. The van der Waals surface area contributed by atoms with Gasteiger partial charge in [-0.1, -0.05) is 60.7 Å². The summed E-state index contributed by atoms with van der Waals surface area (Å²) in [5.41, 5.74) is 5.60. The summed E-state index contributed by atoms with van der Waals surface area (Å²) in [5.74, 6) is 1.24. The predicted octanol–water partition coefficient (Wildman–Crippen LogP) is 6.99. The summed E-state index contributed by atoms with van der Waals surface area (Å²) in [5, 5.41) is 3.91. The second-order valence-electron chi connectivity index (χ2n) is 9.82. The number of nitrogens with zero attached hydrogens (tertiary/aromatic N) is 3. The van der Waals surface area contributed by atoms with Crippen molar-refractivity contribution in [3.8, 4) is 28.4 Å². The highest BCUT2D eigenvalue weighted by atomic mass is 31.2.